The fourth-order valence-corrected chi connectivity index (χ4v) is 3.41. The average molecular weight is 344 g/mol. The molecule has 1 aliphatic rings. The van der Waals surface area contributed by atoms with Gasteiger partial charge in [-0.1, -0.05) is 12.1 Å². The van der Waals surface area contributed by atoms with Crippen molar-refractivity contribution in [3.05, 3.63) is 59.8 Å². The van der Waals surface area contributed by atoms with Crippen LogP contribution in [0.2, 0.25) is 0 Å². The predicted octanol–water partition coefficient (Wildman–Crippen LogP) is 2.99. The largest absolute Gasteiger partial charge is 0.467 e. The quantitative estimate of drug-likeness (QED) is 0.857. The minimum atomic E-state index is -0.395. The number of piperidine rings is 1. The van der Waals surface area contributed by atoms with Gasteiger partial charge in [-0.05, 0) is 36.2 Å². The molecule has 0 spiro atoms. The van der Waals surface area contributed by atoms with Crippen molar-refractivity contribution in [3.63, 3.8) is 0 Å². The zero-order chi connectivity index (χ0) is 18.0. The Morgan fingerprint density at radius 3 is 2.68 bits per heavy atom. The third-order valence-electron chi connectivity index (χ3n) is 4.74. The van der Waals surface area contributed by atoms with Gasteiger partial charge >= 0.3 is 0 Å². The molecule has 2 heterocycles. The van der Waals surface area contributed by atoms with Crippen LogP contribution in [-0.2, 0) is 16.1 Å². The van der Waals surface area contributed by atoms with Crippen molar-refractivity contribution in [1.82, 2.24) is 9.80 Å². The van der Waals surface area contributed by atoms with Crippen LogP contribution in [0.25, 0.3) is 0 Å². The summed E-state index contributed by atoms with van der Waals surface area (Å²) in [6.07, 6.45) is 2.38. The van der Waals surface area contributed by atoms with Crippen LogP contribution in [0.1, 0.15) is 30.2 Å². The molecule has 1 saturated heterocycles. The van der Waals surface area contributed by atoms with Gasteiger partial charge in [-0.2, -0.15) is 0 Å². The van der Waals surface area contributed by atoms with Gasteiger partial charge in [0.2, 0.25) is 11.8 Å². The molecule has 3 rings (SSSR count). The summed E-state index contributed by atoms with van der Waals surface area (Å²) >= 11 is 0. The summed E-state index contributed by atoms with van der Waals surface area (Å²) in [6.45, 7) is 0.371. The Hall–Kier alpha value is -2.63. The zero-order valence-electron chi connectivity index (χ0n) is 14.3. The number of amides is 2. The summed E-state index contributed by atoms with van der Waals surface area (Å²) < 4.78 is 18.6. The van der Waals surface area contributed by atoms with E-state index in [1.807, 2.05) is 6.07 Å². The Morgan fingerprint density at radius 1 is 1.32 bits per heavy atom. The highest BCUT2D eigenvalue weighted by Gasteiger charge is 2.40. The summed E-state index contributed by atoms with van der Waals surface area (Å²) in [4.78, 5) is 28.4. The first-order valence-electron chi connectivity index (χ1n) is 8.26. The van der Waals surface area contributed by atoms with E-state index in [1.54, 1.807) is 48.4 Å². The maximum Gasteiger partial charge on any atom is 0.228 e. The van der Waals surface area contributed by atoms with Crippen molar-refractivity contribution in [3.8, 4) is 0 Å². The average Bonchev–Trinajstić information content (AvgIpc) is 3.10. The molecule has 1 aromatic heterocycles. The van der Waals surface area contributed by atoms with Crippen LogP contribution >= 0.6 is 0 Å². The number of hydrogen-bond acceptors (Lipinski definition) is 3. The normalized spacial score (nSPS) is 20.6. The molecule has 1 fully saturated rings. The Bertz CT molecular complexity index is 743. The second-order valence-electron chi connectivity index (χ2n) is 6.42. The van der Waals surface area contributed by atoms with Crippen molar-refractivity contribution < 1.29 is 18.4 Å². The summed E-state index contributed by atoms with van der Waals surface area (Å²) in [7, 11) is 3.42. The summed E-state index contributed by atoms with van der Waals surface area (Å²) in [5.74, 6) is -0.0639. The number of benzene rings is 1. The Kier molecular flexibility index (Phi) is 4.88. The number of carbonyl (C=O) groups is 2. The predicted molar refractivity (Wildman–Crippen MR) is 89.8 cm³/mol. The van der Waals surface area contributed by atoms with Crippen molar-refractivity contribution in [1.29, 1.82) is 0 Å². The third kappa shape index (κ3) is 3.57. The fourth-order valence-electron chi connectivity index (χ4n) is 3.41. The maximum atomic E-state index is 13.3. The Morgan fingerprint density at radius 2 is 2.04 bits per heavy atom. The lowest BCUT2D eigenvalue weighted by Crippen LogP contribution is -2.46. The van der Waals surface area contributed by atoms with Crippen molar-refractivity contribution in [2.24, 2.45) is 5.92 Å². The number of likely N-dealkylation sites (tertiary alicyclic amines) is 1. The summed E-state index contributed by atoms with van der Waals surface area (Å²) in [6, 6.07) is 9.20. The Labute approximate surface area is 146 Å². The standard InChI is InChI=1S/C19H21FN2O3/c1-21(12-15-4-3-11-25-15)19(24)16-9-10-17(23)22(2)18(16)13-5-7-14(20)8-6-13/h3-8,11,16,18H,9-10,12H2,1-2H3/t16-,18+/m0/s1. The van der Waals surface area contributed by atoms with Crippen LogP contribution in [0, 0.1) is 11.7 Å². The fraction of sp³-hybridized carbons (Fsp3) is 0.368. The van der Waals surface area contributed by atoms with E-state index in [0.717, 1.165) is 5.56 Å². The van der Waals surface area contributed by atoms with Gasteiger partial charge in [0.05, 0.1) is 24.8 Å². The van der Waals surface area contributed by atoms with Gasteiger partial charge in [0, 0.05) is 20.5 Å². The number of hydrogen-bond donors (Lipinski definition) is 0. The van der Waals surface area contributed by atoms with Crippen LogP contribution in [0.5, 0.6) is 0 Å². The van der Waals surface area contributed by atoms with Gasteiger partial charge < -0.3 is 14.2 Å². The molecular weight excluding hydrogens is 323 g/mol. The first-order valence-corrected chi connectivity index (χ1v) is 8.26. The van der Waals surface area contributed by atoms with Crippen LogP contribution in [0.3, 0.4) is 0 Å². The monoisotopic (exact) mass is 344 g/mol. The van der Waals surface area contributed by atoms with Gasteiger partial charge in [-0.25, -0.2) is 4.39 Å². The first kappa shape index (κ1) is 17.2. The number of halogens is 1. The SMILES string of the molecule is CN(Cc1ccco1)C(=O)[C@H]1CCC(=O)N(C)[C@@H]1c1ccc(F)cc1. The molecule has 2 aromatic rings. The van der Waals surface area contributed by atoms with Gasteiger partial charge in [0.25, 0.3) is 0 Å². The highest BCUT2D eigenvalue weighted by Crippen LogP contribution is 2.37. The van der Waals surface area contributed by atoms with E-state index in [-0.39, 0.29) is 23.5 Å². The first-order chi connectivity index (χ1) is 12.0. The lowest BCUT2D eigenvalue weighted by molar-refractivity contribution is -0.146. The Balaban J connectivity index is 1.84. The number of carbonyl (C=O) groups excluding carboxylic acids is 2. The van der Waals surface area contributed by atoms with E-state index in [9.17, 15) is 14.0 Å². The molecule has 6 heteroatoms. The molecule has 25 heavy (non-hydrogen) atoms. The third-order valence-corrected chi connectivity index (χ3v) is 4.74. The number of rotatable bonds is 4. The van der Waals surface area contributed by atoms with Crippen molar-refractivity contribution in [2.45, 2.75) is 25.4 Å². The van der Waals surface area contributed by atoms with Crippen LogP contribution in [-0.4, -0.2) is 35.7 Å². The molecule has 1 aliphatic heterocycles. The molecule has 0 saturated carbocycles. The van der Waals surface area contributed by atoms with E-state index in [1.165, 1.54) is 12.1 Å². The molecule has 0 radical (unpaired) electrons. The molecular formula is C19H21FN2O3. The zero-order valence-corrected chi connectivity index (χ0v) is 14.3. The molecule has 2 atom stereocenters. The van der Waals surface area contributed by atoms with E-state index >= 15 is 0 Å². The van der Waals surface area contributed by atoms with Crippen molar-refractivity contribution >= 4 is 11.8 Å². The minimum Gasteiger partial charge on any atom is -0.467 e. The second kappa shape index (κ2) is 7.09. The minimum absolute atomic E-state index is 0.00735. The van der Waals surface area contributed by atoms with Crippen molar-refractivity contribution in [2.75, 3.05) is 14.1 Å². The number of furan rings is 1. The molecule has 0 bridgehead atoms. The summed E-state index contributed by atoms with van der Waals surface area (Å²) in [5.41, 5.74) is 0.765. The second-order valence-corrected chi connectivity index (χ2v) is 6.42. The molecule has 0 N–H and O–H groups in total. The molecule has 1 aromatic carbocycles. The summed E-state index contributed by atoms with van der Waals surface area (Å²) in [5, 5.41) is 0. The van der Waals surface area contributed by atoms with Crippen LogP contribution in [0.15, 0.2) is 47.1 Å². The van der Waals surface area contributed by atoms with Gasteiger partial charge in [0.15, 0.2) is 0 Å². The highest BCUT2D eigenvalue weighted by molar-refractivity contribution is 5.84. The smallest absolute Gasteiger partial charge is 0.228 e. The van der Waals surface area contributed by atoms with Crippen LogP contribution < -0.4 is 0 Å². The lowest BCUT2D eigenvalue weighted by Gasteiger charge is -2.39. The molecule has 132 valence electrons. The van der Waals surface area contributed by atoms with Gasteiger partial charge in [0.1, 0.15) is 11.6 Å². The molecule has 0 aliphatic carbocycles. The topological polar surface area (TPSA) is 53.8 Å². The van der Waals surface area contributed by atoms with Crippen LogP contribution in [0.4, 0.5) is 4.39 Å². The van der Waals surface area contributed by atoms with Gasteiger partial charge in [-0.15, -0.1) is 0 Å². The molecule has 5 nitrogen and oxygen atoms in total. The highest BCUT2D eigenvalue weighted by atomic mass is 19.1. The van der Waals surface area contributed by atoms with E-state index in [2.05, 4.69) is 0 Å². The van der Waals surface area contributed by atoms with E-state index < -0.39 is 6.04 Å². The van der Waals surface area contributed by atoms with E-state index in [0.29, 0.717) is 25.1 Å². The van der Waals surface area contributed by atoms with E-state index in [4.69, 9.17) is 4.42 Å². The van der Waals surface area contributed by atoms with Gasteiger partial charge in [-0.3, -0.25) is 9.59 Å². The number of nitrogens with zero attached hydrogens (tertiary/aromatic N) is 2. The molecule has 0 unspecified atom stereocenters. The molecule has 2 amide bonds. The lowest BCUT2D eigenvalue weighted by atomic mass is 9.83. The maximum absolute atomic E-state index is 13.3.